The molecule has 0 heterocycles. The third-order valence-electron chi connectivity index (χ3n) is 1.91. The van der Waals surface area contributed by atoms with Crippen molar-refractivity contribution in [1.29, 1.82) is 0 Å². The molecule has 1 amide bonds. The summed E-state index contributed by atoms with van der Waals surface area (Å²) in [6, 6.07) is 6.90. The lowest BCUT2D eigenvalue weighted by Crippen LogP contribution is -2.07. The van der Waals surface area contributed by atoms with Gasteiger partial charge in [-0.2, -0.15) is 0 Å². The van der Waals surface area contributed by atoms with Crippen molar-refractivity contribution >= 4 is 29.6 Å². The minimum absolute atomic E-state index is 0.219. The highest BCUT2D eigenvalue weighted by Crippen LogP contribution is 2.16. The zero-order valence-corrected chi connectivity index (χ0v) is 10.5. The van der Waals surface area contributed by atoms with Crippen LogP contribution in [0.25, 0.3) is 6.08 Å². The predicted molar refractivity (Wildman–Crippen MR) is 67.6 cm³/mol. The van der Waals surface area contributed by atoms with Gasteiger partial charge in [0.2, 0.25) is 5.91 Å². The highest BCUT2D eigenvalue weighted by molar-refractivity contribution is 5.93. The zero-order chi connectivity index (χ0) is 14.3. The smallest absolute Gasteiger partial charge is 0.326 e. The van der Waals surface area contributed by atoms with E-state index < -0.39 is 11.9 Å². The molecule has 0 fully saturated rings. The van der Waals surface area contributed by atoms with E-state index in [2.05, 4.69) is 15.1 Å². The van der Waals surface area contributed by atoms with E-state index in [1.807, 2.05) is 0 Å². The molecule has 0 unspecified atom stereocenters. The van der Waals surface area contributed by atoms with Crippen LogP contribution in [0.15, 0.2) is 30.3 Å². The van der Waals surface area contributed by atoms with Crippen molar-refractivity contribution in [3.8, 4) is 0 Å². The van der Waals surface area contributed by atoms with Crippen LogP contribution in [0.2, 0.25) is 0 Å². The average Bonchev–Trinajstić information content (AvgIpc) is 2.34. The monoisotopic (exact) mass is 263 g/mol. The van der Waals surface area contributed by atoms with Gasteiger partial charge in [-0.3, -0.25) is 4.79 Å². The van der Waals surface area contributed by atoms with Crippen molar-refractivity contribution in [2.24, 2.45) is 0 Å². The van der Waals surface area contributed by atoms with Gasteiger partial charge in [0, 0.05) is 25.6 Å². The highest BCUT2D eigenvalue weighted by atomic mass is 17.2. The molecule has 19 heavy (non-hydrogen) atoms. The number of carbonyl (C=O) groups excluding carboxylic acids is 3. The zero-order valence-electron chi connectivity index (χ0n) is 10.5. The number of para-hydroxylation sites is 1. The van der Waals surface area contributed by atoms with E-state index >= 15 is 0 Å². The summed E-state index contributed by atoms with van der Waals surface area (Å²) in [5.74, 6) is -1.77. The van der Waals surface area contributed by atoms with Crippen LogP contribution < -0.4 is 5.32 Å². The molecule has 1 rings (SSSR count). The molecule has 1 N–H and O–H groups in total. The van der Waals surface area contributed by atoms with Gasteiger partial charge in [-0.05, 0) is 17.7 Å². The molecule has 0 radical (unpaired) electrons. The second kappa shape index (κ2) is 6.95. The first-order valence-corrected chi connectivity index (χ1v) is 5.43. The number of hydrogen-bond acceptors (Lipinski definition) is 5. The lowest BCUT2D eigenvalue weighted by Gasteiger charge is -2.05. The number of benzene rings is 1. The Bertz CT molecular complexity index is 522. The number of amides is 1. The van der Waals surface area contributed by atoms with Gasteiger partial charge in [-0.25, -0.2) is 19.4 Å². The van der Waals surface area contributed by atoms with E-state index in [4.69, 9.17) is 0 Å². The van der Waals surface area contributed by atoms with Crippen molar-refractivity contribution in [2.75, 3.05) is 5.32 Å². The van der Waals surface area contributed by atoms with Crippen molar-refractivity contribution in [1.82, 2.24) is 0 Å². The fourth-order valence-corrected chi connectivity index (χ4v) is 1.23. The molecular formula is C13H13NO5. The Morgan fingerprint density at radius 3 is 2.42 bits per heavy atom. The van der Waals surface area contributed by atoms with E-state index in [9.17, 15) is 14.4 Å². The first-order chi connectivity index (χ1) is 8.99. The van der Waals surface area contributed by atoms with Crippen LogP contribution in [0.1, 0.15) is 19.4 Å². The summed E-state index contributed by atoms with van der Waals surface area (Å²) < 4.78 is 0. The van der Waals surface area contributed by atoms with Gasteiger partial charge in [-0.1, -0.05) is 18.2 Å². The number of carbonyl (C=O) groups is 3. The molecule has 0 aliphatic rings. The first-order valence-electron chi connectivity index (χ1n) is 5.43. The van der Waals surface area contributed by atoms with Crippen molar-refractivity contribution in [2.45, 2.75) is 13.8 Å². The first kappa shape index (κ1) is 14.4. The summed E-state index contributed by atoms with van der Waals surface area (Å²) in [5, 5.41) is 2.62. The number of nitrogens with one attached hydrogen (secondary N) is 1. The van der Waals surface area contributed by atoms with Crippen LogP contribution in [0.3, 0.4) is 0 Å². The largest absolute Gasteiger partial charge is 0.379 e. The van der Waals surface area contributed by atoms with E-state index in [0.717, 1.165) is 13.0 Å². The molecule has 100 valence electrons. The molecule has 0 aromatic heterocycles. The van der Waals surface area contributed by atoms with Gasteiger partial charge < -0.3 is 5.32 Å². The lowest BCUT2D eigenvalue weighted by molar-refractivity contribution is -0.252. The van der Waals surface area contributed by atoms with Gasteiger partial charge in [0.25, 0.3) is 0 Å². The molecule has 0 bridgehead atoms. The van der Waals surface area contributed by atoms with Gasteiger partial charge in [-0.15, -0.1) is 0 Å². The Morgan fingerprint density at radius 2 is 1.79 bits per heavy atom. The average molecular weight is 263 g/mol. The maximum Gasteiger partial charge on any atom is 0.379 e. The van der Waals surface area contributed by atoms with Crippen molar-refractivity contribution < 1.29 is 24.2 Å². The predicted octanol–water partition coefficient (Wildman–Crippen LogP) is 1.68. The van der Waals surface area contributed by atoms with Crippen molar-refractivity contribution in [3.05, 3.63) is 35.9 Å². The molecular weight excluding hydrogens is 250 g/mol. The van der Waals surface area contributed by atoms with E-state index in [1.54, 1.807) is 24.3 Å². The molecule has 0 atom stereocenters. The number of rotatable bonds is 3. The minimum Gasteiger partial charge on any atom is -0.326 e. The fourth-order valence-electron chi connectivity index (χ4n) is 1.23. The van der Waals surface area contributed by atoms with Crippen LogP contribution in [0, 0.1) is 0 Å². The maximum absolute atomic E-state index is 11.2. The van der Waals surface area contributed by atoms with E-state index in [1.165, 1.54) is 13.0 Å². The Morgan fingerprint density at radius 1 is 1.11 bits per heavy atom. The fraction of sp³-hybridized carbons (Fsp3) is 0.154. The van der Waals surface area contributed by atoms with E-state index in [0.29, 0.717) is 11.3 Å². The molecule has 0 saturated carbocycles. The Balaban J connectivity index is 2.73. The number of anilines is 1. The quantitative estimate of drug-likeness (QED) is 0.509. The molecule has 1 aromatic carbocycles. The van der Waals surface area contributed by atoms with Crippen molar-refractivity contribution in [3.63, 3.8) is 0 Å². The van der Waals surface area contributed by atoms with Gasteiger partial charge in [0.15, 0.2) is 0 Å². The Labute approximate surface area is 109 Å². The normalized spacial score (nSPS) is 10.0. The molecule has 0 saturated heterocycles. The van der Waals surface area contributed by atoms with Crippen LogP contribution in [0.5, 0.6) is 0 Å². The van der Waals surface area contributed by atoms with Gasteiger partial charge in [0.1, 0.15) is 0 Å². The second-order valence-electron chi connectivity index (χ2n) is 3.58. The molecule has 0 aliphatic carbocycles. The lowest BCUT2D eigenvalue weighted by atomic mass is 10.1. The van der Waals surface area contributed by atoms with Gasteiger partial charge in [0.05, 0.1) is 0 Å². The van der Waals surface area contributed by atoms with Crippen LogP contribution >= 0.6 is 0 Å². The van der Waals surface area contributed by atoms with Gasteiger partial charge >= 0.3 is 11.9 Å². The topological polar surface area (TPSA) is 81.7 Å². The van der Waals surface area contributed by atoms with Crippen LogP contribution in [0.4, 0.5) is 5.69 Å². The standard InChI is InChI=1S/C13H13NO5/c1-9(15)14-12-6-4-3-5-11(12)7-8-13(17)19-18-10(2)16/h3-8H,1-2H3,(H,14,15). The maximum atomic E-state index is 11.2. The highest BCUT2D eigenvalue weighted by Gasteiger charge is 2.03. The van der Waals surface area contributed by atoms with Crippen LogP contribution in [-0.4, -0.2) is 17.8 Å². The molecule has 6 nitrogen and oxygen atoms in total. The summed E-state index contributed by atoms with van der Waals surface area (Å²) in [6.07, 6.45) is 2.53. The second-order valence-corrected chi connectivity index (χ2v) is 3.58. The molecule has 0 aliphatic heterocycles. The summed E-state index contributed by atoms with van der Waals surface area (Å²) >= 11 is 0. The summed E-state index contributed by atoms with van der Waals surface area (Å²) in [6.45, 7) is 2.50. The minimum atomic E-state index is -0.826. The van der Waals surface area contributed by atoms with Crippen LogP contribution in [-0.2, 0) is 24.2 Å². The Hall–Kier alpha value is -2.63. The molecule has 0 spiro atoms. The SMILES string of the molecule is CC(=O)Nc1ccccc1C=CC(=O)OOC(C)=O. The molecule has 1 aromatic rings. The third kappa shape index (κ3) is 5.49. The summed E-state index contributed by atoms with van der Waals surface area (Å²) in [7, 11) is 0. The Kier molecular flexibility index (Phi) is 5.28. The third-order valence-corrected chi connectivity index (χ3v) is 1.91. The summed E-state index contributed by atoms with van der Waals surface area (Å²) in [5.41, 5.74) is 1.18. The molecule has 6 heteroatoms. The summed E-state index contributed by atoms with van der Waals surface area (Å²) in [4.78, 5) is 40.9. The number of hydrogen-bond donors (Lipinski definition) is 1. The van der Waals surface area contributed by atoms with E-state index in [-0.39, 0.29) is 5.91 Å².